The van der Waals surface area contributed by atoms with E-state index in [9.17, 15) is 13.2 Å². The van der Waals surface area contributed by atoms with Crippen LogP contribution < -0.4 is 4.90 Å². The van der Waals surface area contributed by atoms with Gasteiger partial charge in [0.1, 0.15) is 9.84 Å². The monoisotopic (exact) mass is 364 g/mol. The zero-order chi connectivity index (χ0) is 18.0. The van der Waals surface area contributed by atoms with Gasteiger partial charge in [0.15, 0.2) is 0 Å². The second-order valence-corrected chi connectivity index (χ2v) is 9.64. The third-order valence-electron chi connectivity index (χ3n) is 5.60. The number of nitrogens with zero attached hydrogens (tertiary/aromatic N) is 2. The van der Waals surface area contributed by atoms with Gasteiger partial charge >= 0.3 is 0 Å². The van der Waals surface area contributed by atoms with Gasteiger partial charge in [0.2, 0.25) is 5.91 Å². The van der Waals surface area contributed by atoms with Crippen LogP contribution in [0.15, 0.2) is 24.3 Å². The molecule has 1 fully saturated rings. The molecule has 0 aromatic heterocycles. The maximum atomic E-state index is 13.1. The number of hydrogen-bond donors (Lipinski definition) is 0. The van der Waals surface area contributed by atoms with Crippen LogP contribution in [0.4, 0.5) is 5.69 Å². The van der Waals surface area contributed by atoms with E-state index in [4.69, 9.17) is 0 Å². The van der Waals surface area contributed by atoms with Crippen molar-refractivity contribution >= 4 is 21.4 Å². The fraction of sp³-hybridized carbons (Fsp3) is 0.632. The van der Waals surface area contributed by atoms with Crippen molar-refractivity contribution in [2.24, 2.45) is 0 Å². The minimum atomic E-state index is -3.00. The van der Waals surface area contributed by atoms with Gasteiger partial charge in [-0.15, -0.1) is 0 Å². The highest BCUT2D eigenvalue weighted by Gasteiger charge is 2.32. The lowest BCUT2D eigenvalue weighted by Gasteiger charge is -2.35. The standard InChI is InChI=1S/C19H28N2O3S/c1-15(20-12-6-9-17(11-14-20)25(2,23)24)19(22)21-13-5-8-16-7-3-4-10-18(16)21/h3-4,7,10,15,17H,5-6,8-9,11-14H2,1-2H3. The van der Waals surface area contributed by atoms with Gasteiger partial charge in [0.05, 0.1) is 11.3 Å². The van der Waals surface area contributed by atoms with Crippen LogP contribution in [0.25, 0.3) is 0 Å². The molecule has 0 aliphatic carbocycles. The van der Waals surface area contributed by atoms with Crippen LogP contribution in [0.2, 0.25) is 0 Å². The van der Waals surface area contributed by atoms with Crippen LogP contribution in [0.1, 0.15) is 38.2 Å². The van der Waals surface area contributed by atoms with Crippen molar-refractivity contribution in [3.05, 3.63) is 29.8 Å². The molecule has 2 atom stereocenters. The van der Waals surface area contributed by atoms with Crippen LogP contribution >= 0.6 is 0 Å². The molecule has 5 nitrogen and oxygen atoms in total. The van der Waals surface area contributed by atoms with Gasteiger partial charge < -0.3 is 4.90 Å². The second kappa shape index (κ2) is 7.46. The summed E-state index contributed by atoms with van der Waals surface area (Å²) in [5.74, 6) is 0.130. The Hall–Kier alpha value is -1.40. The van der Waals surface area contributed by atoms with Crippen molar-refractivity contribution in [2.75, 3.05) is 30.8 Å². The number of amides is 1. The Balaban J connectivity index is 1.71. The number of carbonyl (C=O) groups excluding carboxylic acids is 1. The fourth-order valence-corrected chi connectivity index (χ4v) is 5.18. The van der Waals surface area contributed by atoms with E-state index in [1.165, 1.54) is 11.8 Å². The Bertz CT molecular complexity index is 732. The van der Waals surface area contributed by atoms with Gasteiger partial charge in [-0.1, -0.05) is 18.2 Å². The van der Waals surface area contributed by atoms with Crippen molar-refractivity contribution in [3.8, 4) is 0 Å². The van der Waals surface area contributed by atoms with E-state index in [2.05, 4.69) is 11.0 Å². The molecule has 25 heavy (non-hydrogen) atoms. The molecule has 2 unspecified atom stereocenters. The molecule has 1 amide bonds. The predicted molar refractivity (Wildman–Crippen MR) is 101 cm³/mol. The number of aryl methyl sites for hydroxylation is 1. The highest BCUT2D eigenvalue weighted by atomic mass is 32.2. The predicted octanol–water partition coefficient (Wildman–Crippen LogP) is 2.25. The Labute approximate surface area is 150 Å². The van der Waals surface area contributed by atoms with Crippen molar-refractivity contribution < 1.29 is 13.2 Å². The first-order valence-corrected chi connectivity index (χ1v) is 11.2. The first-order chi connectivity index (χ1) is 11.9. The van der Waals surface area contributed by atoms with Gasteiger partial charge in [-0.3, -0.25) is 9.69 Å². The molecule has 6 heteroatoms. The Kier molecular flexibility index (Phi) is 5.49. The number of fused-ring (bicyclic) bond motifs is 1. The second-order valence-electron chi connectivity index (χ2n) is 7.32. The number of anilines is 1. The molecule has 0 saturated carbocycles. The molecule has 2 aliphatic rings. The summed E-state index contributed by atoms with van der Waals surface area (Å²) in [7, 11) is -3.00. The molecule has 0 radical (unpaired) electrons. The molecule has 0 spiro atoms. The van der Waals surface area contributed by atoms with E-state index in [-0.39, 0.29) is 17.2 Å². The number of likely N-dealkylation sites (tertiary alicyclic amines) is 1. The van der Waals surface area contributed by atoms with E-state index in [1.807, 2.05) is 30.0 Å². The lowest BCUT2D eigenvalue weighted by Crippen LogP contribution is -2.49. The topological polar surface area (TPSA) is 57.7 Å². The van der Waals surface area contributed by atoms with E-state index in [0.717, 1.165) is 38.0 Å². The maximum absolute atomic E-state index is 13.1. The van der Waals surface area contributed by atoms with Crippen molar-refractivity contribution in [2.45, 2.75) is 50.3 Å². The highest BCUT2D eigenvalue weighted by Crippen LogP contribution is 2.28. The molecule has 138 valence electrons. The van der Waals surface area contributed by atoms with Crippen LogP contribution in [0.5, 0.6) is 0 Å². The first-order valence-electron chi connectivity index (χ1n) is 9.20. The minimum Gasteiger partial charge on any atom is -0.311 e. The van der Waals surface area contributed by atoms with E-state index < -0.39 is 9.84 Å². The molecule has 0 N–H and O–H groups in total. The lowest BCUT2D eigenvalue weighted by molar-refractivity contribution is -0.123. The van der Waals surface area contributed by atoms with Crippen molar-refractivity contribution in [1.82, 2.24) is 4.90 Å². The maximum Gasteiger partial charge on any atom is 0.244 e. The molecule has 1 saturated heterocycles. The summed E-state index contributed by atoms with van der Waals surface area (Å²) >= 11 is 0. The average Bonchev–Trinajstić information content (AvgIpc) is 2.86. The zero-order valence-electron chi connectivity index (χ0n) is 15.1. The zero-order valence-corrected chi connectivity index (χ0v) is 16.0. The number of hydrogen-bond acceptors (Lipinski definition) is 4. The summed E-state index contributed by atoms with van der Waals surface area (Å²) in [5.41, 5.74) is 2.27. The van der Waals surface area contributed by atoms with Gasteiger partial charge in [-0.05, 0) is 57.2 Å². The Morgan fingerprint density at radius 3 is 2.64 bits per heavy atom. The van der Waals surface area contributed by atoms with Gasteiger partial charge in [0, 0.05) is 25.0 Å². The number of para-hydroxylation sites is 1. The minimum absolute atomic E-state index is 0.130. The summed E-state index contributed by atoms with van der Waals surface area (Å²) in [6.45, 7) is 4.18. The van der Waals surface area contributed by atoms with Crippen LogP contribution in [0.3, 0.4) is 0 Å². The quantitative estimate of drug-likeness (QED) is 0.825. The first kappa shape index (κ1) is 18.4. The average molecular weight is 365 g/mol. The van der Waals surface area contributed by atoms with Crippen molar-refractivity contribution in [1.29, 1.82) is 0 Å². The summed E-state index contributed by atoms with van der Waals surface area (Å²) in [6.07, 6.45) is 5.48. The Morgan fingerprint density at radius 1 is 1.12 bits per heavy atom. The van der Waals surface area contributed by atoms with E-state index >= 15 is 0 Å². The van der Waals surface area contributed by atoms with E-state index in [0.29, 0.717) is 19.4 Å². The van der Waals surface area contributed by atoms with E-state index in [1.54, 1.807) is 0 Å². The van der Waals surface area contributed by atoms with Gasteiger partial charge in [-0.25, -0.2) is 8.42 Å². The van der Waals surface area contributed by atoms with Gasteiger partial charge in [-0.2, -0.15) is 0 Å². The van der Waals surface area contributed by atoms with Crippen LogP contribution in [-0.2, 0) is 21.1 Å². The highest BCUT2D eigenvalue weighted by molar-refractivity contribution is 7.91. The molecule has 2 heterocycles. The number of sulfone groups is 1. The smallest absolute Gasteiger partial charge is 0.244 e. The molecule has 1 aromatic carbocycles. The summed E-state index contributed by atoms with van der Waals surface area (Å²) in [5, 5.41) is -0.268. The SMILES string of the molecule is CC(C(=O)N1CCCc2ccccc21)N1CCCC(S(C)(=O)=O)CC1. The lowest BCUT2D eigenvalue weighted by atomic mass is 10.0. The number of benzene rings is 1. The molecule has 1 aromatic rings. The van der Waals surface area contributed by atoms with Crippen LogP contribution in [-0.4, -0.2) is 56.4 Å². The Morgan fingerprint density at radius 2 is 1.88 bits per heavy atom. The fourth-order valence-electron chi connectivity index (χ4n) is 4.05. The summed E-state index contributed by atoms with van der Waals surface area (Å²) in [6, 6.07) is 7.92. The molecule has 2 aliphatic heterocycles. The third-order valence-corrected chi connectivity index (χ3v) is 7.28. The molecule has 3 rings (SSSR count). The van der Waals surface area contributed by atoms with Gasteiger partial charge in [0.25, 0.3) is 0 Å². The third kappa shape index (κ3) is 4.06. The van der Waals surface area contributed by atoms with Crippen molar-refractivity contribution in [3.63, 3.8) is 0 Å². The number of rotatable bonds is 3. The largest absolute Gasteiger partial charge is 0.311 e. The number of carbonyl (C=O) groups is 1. The summed E-state index contributed by atoms with van der Waals surface area (Å²) < 4.78 is 23.7. The molecular weight excluding hydrogens is 336 g/mol. The summed E-state index contributed by atoms with van der Waals surface area (Å²) in [4.78, 5) is 17.2. The molecule has 0 bridgehead atoms. The normalized spacial score (nSPS) is 23.6. The molecular formula is C19H28N2O3S. The van der Waals surface area contributed by atoms with Crippen LogP contribution in [0, 0.1) is 0 Å².